The number of anilines is 1. The largest absolute Gasteiger partial charge is 0.545 e. The zero-order valence-corrected chi connectivity index (χ0v) is 13.7. The van der Waals surface area contributed by atoms with Gasteiger partial charge < -0.3 is 14.6 Å². The summed E-state index contributed by atoms with van der Waals surface area (Å²) in [7, 11) is -2.47. The Labute approximate surface area is 134 Å². The highest BCUT2D eigenvalue weighted by atomic mass is 32.2. The monoisotopic (exact) mass is 334 g/mol. The molecule has 0 atom stereocenters. The van der Waals surface area contributed by atoms with Gasteiger partial charge in [-0.3, -0.25) is 4.72 Å². The molecule has 0 fully saturated rings. The molecule has 2 rings (SSSR count). The summed E-state index contributed by atoms with van der Waals surface area (Å²) in [5, 5.41) is 11.0. The molecule has 0 aliphatic rings. The van der Waals surface area contributed by atoms with Gasteiger partial charge in [-0.15, -0.1) is 0 Å². The minimum absolute atomic E-state index is 0.0977. The first-order valence-electron chi connectivity index (χ1n) is 6.74. The zero-order valence-electron chi connectivity index (χ0n) is 12.9. The standard InChI is InChI=1S/C16H17NO5S/c1-10-7-12(16(18)19)8-15(11(10)2)23(20,21)17-13-5-4-6-14(9-13)22-3/h4-9,17H,1-3H3,(H,18,19)/p-1. The Morgan fingerprint density at radius 1 is 1.17 bits per heavy atom. The van der Waals surface area contributed by atoms with Crippen LogP contribution in [0.15, 0.2) is 41.3 Å². The van der Waals surface area contributed by atoms with Crippen LogP contribution in [0.4, 0.5) is 5.69 Å². The molecule has 0 bridgehead atoms. The van der Waals surface area contributed by atoms with Gasteiger partial charge in [0.1, 0.15) is 5.75 Å². The maximum absolute atomic E-state index is 12.6. The summed E-state index contributed by atoms with van der Waals surface area (Å²) in [5.74, 6) is -0.924. The fraction of sp³-hybridized carbons (Fsp3) is 0.188. The highest BCUT2D eigenvalue weighted by molar-refractivity contribution is 7.92. The molecule has 0 spiro atoms. The molecule has 2 aromatic rings. The minimum Gasteiger partial charge on any atom is -0.545 e. The van der Waals surface area contributed by atoms with Crippen molar-refractivity contribution in [1.82, 2.24) is 0 Å². The second-order valence-electron chi connectivity index (χ2n) is 5.04. The normalized spacial score (nSPS) is 11.1. The highest BCUT2D eigenvalue weighted by Crippen LogP contribution is 2.25. The highest BCUT2D eigenvalue weighted by Gasteiger charge is 2.19. The van der Waals surface area contributed by atoms with E-state index in [1.165, 1.54) is 19.2 Å². The molecule has 7 heteroatoms. The lowest BCUT2D eigenvalue weighted by Crippen LogP contribution is -2.23. The molecule has 0 aromatic heterocycles. The van der Waals surface area contributed by atoms with Crippen molar-refractivity contribution >= 4 is 21.7 Å². The van der Waals surface area contributed by atoms with Crippen LogP contribution in [0, 0.1) is 13.8 Å². The first-order valence-corrected chi connectivity index (χ1v) is 8.22. The number of rotatable bonds is 5. The van der Waals surface area contributed by atoms with E-state index in [0.717, 1.165) is 6.07 Å². The van der Waals surface area contributed by atoms with Gasteiger partial charge in [0, 0.05) is 6.07 Å². The summed E-state index contributed by atoms with van der Waals surface area (Å²) in [6.45, 7) is 3.26. The number of carbonyl (C=O) groups is 1. The second kappa shape index (κ2) is 6.29. The summed E-state index contributed by atoms with van der Waals surface area (Å²) in [6, 6.07) is 8.92. The number of ether oxygens (including phenoxy) is 1. The number of carbonyl (C=O) groups excluding carboxylic acids is 1. The number of benzene rings is 2. The van der Waals surface area contributed by atoms with Crippen LogP contribution in [0.5, 0.6) is 5.75 Å². The molecule has 0 aliphatic heterocycles. The van der Waals surface area contributed by atoms with Crippen LogP contribution in [-0.2, 0) is 10.0 Å². The molecule has 6 nitrogen and oxygen atoms in total. The molecule has 1 N–H and O–H groups in total. The Kier molecular flexibility index (Phi) is 4.60. The van der Waals surface area contributed by atoms with Gasteiger partial charge >= 0.3 is 0 Å². The predicted molar refractivity (Wildman–Crippen MR) is 84.0 cm³/mol. The SMILES string of the molecule is COc1cccc(NS(=O)(=O)c2cc(C(=O)[O-])cc(C)c2C)c1. The van der Waals surface area contributed by atoms with Crippen molar-refractivity contribution < 1.29 is 23.1 Å². The van der Waals surface area contributed by atoms with Crippen molar-refractivity contribution in [3.8, 4) is 5.75 Å². The summed E-state index contributed by atoms with van der Waals surface area (Å²) in [6.07, 6.45) is 0. The Morgan fingerprint density at radius 3 is 2.48 bits per heavy atom. The number of hydrogen-bond donors (Lipinski definition) is 1. The maximum Gasteiger partial charge on any atom is 0.262 e. The van der Waals surface area contributed by atoms with Gasteiger partial charge in [0.2, 0.25) is 0 Å². The van der Waals surface area contributed by atoms with E-state index in [4.69, 9.17) is 4.74 Å². The molecule has 0 saturated carbocycles. The quantitative estimate of drug-likeness (QED) is 0.893. The van der Waals surface area contributed by atoms with Crippen LogP contribution < -0.4 is 14.6 Å². The van der Waals surface area contributed by atoms with E-state index in [1.54, 1.807) is 32.0 Å². The molecule has 0 radical (unpaired) electrons. The van der Waals surface area contributed by atoms with Crippen molar-refractivity contribution in [2.24, 2.45) is 0 Å². The lowest BCUT2D eigenvalue weighted by Gasteiger charge is -2.15. The summed E-state index contributed by atoms with van der Waals surface area (Å²) in [5.41, 5.74) is 1.17. The van der Waals surface area contributed by atoms with Crippen LogP contribution in [0.25, 0.3) is 0 Å². The van der Waals surface area contributed by atoms with Crippen LogP contribution in [0.2, 0.25) is 0 Å². The molecule has 0 aliphatic carbocycles. The summed E-state index contributed by atoms with van der Waals surface area (Å²) in [4.78, 5) is 10.9. The van der Waals surface area contributed by atoms with Crippen molar-refractivity contribution in [2.75, 3.05) is 11.8 Å². The van der Waals surface area contributed by atoms with Crippen molar-refractivity contribution in [1.29, 1.82) is 0 Å². The molecular formula is C16H16NO5S-. The van der Waals surface area contributed by atoms with Gasteiger partial charge in [-0.1, -0.05) is 6.07 Å². The van der Waals surface area contributed by atoms with Crippen molar-refractivity contribution in [2.45, 2.75) is 18.7 Å². The number of aromatic carboxylic acids is 1. The van der Waals surface area contributed by atoms with Crippen LogP contribution >= 0.6 is 0 Å². The fourth-order valence-electron chi connectivity index (χ4n) is 2.12. The average Bonchev–Trinajstić information content (AvgIpc) is 2.49. The van der Waals surface area contributed by atoms with E-state index in [0.29, 0.717) is 22.6 Å². The van der Waals surface area contributed by atoms with E-state index >= 15 is 0 Å². The molecule has 0 heterocycles. The molecule has 23 heavy (non-hydrogen) atoms. The Morgan fingerprint density at radius 2 is 1.87 bits per heavy atom. The van der Waals surface area contributed by atoms with E-state index in [9.17, 15) is 18.3 Å². The third kappa shape index (κ3) is 3.62. The maximum atomic E-state index is 12.6. The molecule has 0 unspecified atom stereocenters. The van der Waals surface area contributed by atoms with Gasteiger partial charge in [-0.25, -0.2) is 8.42 Å². The number of carboxylic acid groups (broad SMARTS) is 1. The van der Waals surface area contributed by atoms with E-state index < -0.39 is 16.0 Å². The number of sulfonamides is 1. The molecule has 0 amide bonds. The first-order chi connectivity index (χ1) is 10.7. The lowest BCUT2D eigenvalue weighted by molar-refractivity contribution is -0.255. The Hall–Kier alpha value is -2.54. The molecular weight excluding hydrogens is 318 g/mol. The first kappa shape index (κ1) is 16.8. The van der Waals surface area contributed by atoms with E-state index in [1.807, 2.05) is 0 Å². The number of methoxy groups -OCH3 is 1. The lowest BCUT2D eigenvalue weighted by atomic mass is 10.1. The summed E-state index contributed by atoms with van der Waals surface area (Å²) < 4.78 is 32.6. The molecule has 0 saturated heterocycles. The smallest absolute Gasteiger partial charge is 0.262 e. The predicted octanol–water partition coefficient (Wildman–Crippen LogP) is 1.48. The third-order valence-corrected chi connectivity index (χ3v) is 4.97. The van der Waals surface area contributed by atoms with Gasteiger partial charge in [0.15, 0.2) is 0 Å². The van der Waals surface area contributed by atoms with Crippen molar-refractivity contribution in [3.63, 3.8) is 0 Å². The van der Waals surface area contributed by atoms with Gasteiger partial charge in [0.05, 0.1) is 23.7 Å². The number of carboxylic acids is 1. The zero-order chi connectivity index (χ0) is 17.2. The van der Waals surface area contributed by atoms with Crippen molar-refractivity contribution in [3.05, 3.63) is 53.1 Å². The van der Waals surface area contributed by atoms with Gasteiger partial charge in [0.25, 0.3) is 10.0 Å². The topological polar surface area (TPSA) is 95.5 Å². The van der Waals surface area contributed by atoms with Gasteiger partial charge in [-0.05, 0) is 54.8 Å². The molecule has 2 aromatic carbocycles. The summed E-state index contributed by atoms with van der Waals surface area (Å²) >= 11 is 0. The number of aryl methyl sites for hydroxylation is 1. The average molecular weight is 334 g/mol. The van der Waals surface area contributed by atoms with Crippen LogP contribution in [-0.4, -0.2) is 21.5 Å². The number of nitrogens with one attached hydrogen (secondary N) is 1. The third-order valence-electron chi connectivity index (χ3n) is 3.47. The Bertz CT molecular complexity index is 859. The van der Waals surface area contributed by atoms with Crippen LogP contribution in [0.1, 0.15) is 21.5 Å². The number of hydrogen-bond acceptors (Lipinski definition) is 5. The van der Waals surface area contributed by atoms with E-state index in [-0.39, 0.29) is 10.5 Å². The fourth-order valence-corrected chi connectivity index (χ4v) is 3.51. The Balaban J connectivity index is 2.49. The van der Waals surface area contributed by atoms with E-state index in [2.05, 4.69) is 4.72 Å². The molecule has 122 valence electrons. The van der Waals surface area contributed by atoms with Crippen LogP contribution in [0.3, 0.4) is 0 Å². The second-order valence-corrected chi connectivity index (χ2v) is 6.69. The van der Waals surface area contributed by atoms with Gasteiger partial charge in [-0.2, -0.15) is 0 Å². The minimum atomic E-state index is -3.94.